The van der Waals surface area contributed by atoms with E-state index < -0.39 is 20.9 Å². The van der Waals surface area contributed by atoms with Crippen LogP contribution < -0.4 is 10.3 Å². The number of nitrogens with zero attached hydrogens (tertiary/aromatic N) is 1. The third kappa shape index (κ3) is 5.00. The molecule has 0 aliphatic rings. The van der Waals surface area contributed by atoms with Gasteiger partial charge in [0.2, 0.25) is 0 Å². The lowest BCUT2D eigenvalue weighted by Gasteiger charge is -2.05. The molecule has 124 valence electrons. The van der Waals surface area contributed by atoms with Crippen molar-refractivity contribution in [2.45, 2.75) is 0 Å². The topological polar surface area (TPSA) is 118 Å². The second-order valence-electron chi connectivity index (χ2n) is 4.62. The molecule has 0 saturated carbocycles. The van der Waals surface area contributed by atoms with Crippen molar-refractivity contribution in [2.24, 2.45) is 0 Å². The van der Waals surface area contributed by atoms with Crippen molar-refractivity contribution >= 4 is 27.7 Å². The van der Waals surface area contributed by atoms with E-state index in [1.807, 2.05) is 10.3 Å². The van der Waals surface area contributed by atoms with Crippen LogP contribution in [0.1, 0.15) is 15.9 Å². The summed E-state index contributed by atoms with van der Waals surface area (Å²) in [5.74, 6) is -0.735. The first-order valence-electron chi connectivity index (χ1n) is 6.67. The number of hydrogen-bond donors (Lipinski definition) is 2. The predicted molar refractivity (Wildman–Crippen MR) is 88.1 cm³/mol. The van der Waals surface area contributed by atoms with Gasteiger partial charge in [0.1, 0.15) is 0 Å². The highest BCUT2D eigenvalue weighted by Gasteiger charge is 2.11. The first-order chi connectivity index (χ1) is 11.4. The Morgan fingerprint density at radius 2 is 1.67 bits per heavy atom. The van der Waals surface area contributed by atoms with Crippen molar-refractivity contribution in [3.05, 3.63) is 81.2 Å². The van der Waals surface area contributed by atoms with Crippen LogP contribution in [-0.4, -0.2) is 19.2 Å². The summed E-state index contributed by atoms with van der Waals surface area (Å²) in [6.45, 7) is 0. The molecule has 0 spiro atoms. The number of hydrazine groups is 1. The molecule has 2 aromatic rings. The molecule has 0 unspecified atom stereocenters. The van der Waals surface area contributed by atoms with Gasteiger partial charge in [0.15, 0.2) is 0 Å². The fourth-order valence-corrected chi connectivity index (χ4v) is 2.33. The lowest BCUT2D eigenvalue weighted by Crippen LogP contribution is -2.40. The number of nitro benzene ring substituents is 1. The molecule has 8 nitrogen and oxygen atoms in total. The van der Waals surface area contributed by atoms with Gasteiger partial charge >= 0.3 is 0 Å². The van der Waals surface area contributed by atoms with E-state index in [1.54, 1.807) is 30.3 Å². The highest BCUT2D eigenvalue weighted by molar-refractivity contribution is 7.92. The van der Waals surface area contributed by atoms with Crippen molar-refractivity contribution in [2.75, 3.05) is 0 Å². The third-order valence-corrected chi connectivity index (χ3v) is 3.77. The first-order valence-corrected chi connectivity index (χ1v) is 8.22. The summed E-state index contributed by atoms with van der Waals surface area (Å²) >= 11 is 0. The molecule has 2 rings (SSSR count). The minimum Gasteiger partial charge on any atom is -0.274 e. The molecule has 0 aliphatic heterocycles. The Bertz CT molecular complexity index is 862. The van der Waals surface area contributed by atoms with E-state index >= 15 is 0 Å². The van der Waals surface area contributed by atoms with Gasteiger partial charge in [-0.2, -0.15) is 0 Å². The molecule has 24 heavy (non-hydrogen) atoms. The predicted octanol–water partition coefficient (Wildman–Crippen LogP) is 1.83. The molecule has 9 heteroatoms. The lowest BCUT2D eigenvalue weighted by atomic mass is 10.2. The second-order valence-corrected chi connectivity index (χ2v) is 6.18. The maximum atomic E-state index is 11.8. The average molecular weight is 347 g/mol. The van der Waals surface area contributed by atoms with Gasteiger partial charge in [-0.15, -0.1) is 4.83 Å². The van der Waals surface area contributed by atoms with Gasteiger partial charge in [-0.1, -0.05) is 30.3 Å². The van der Waals surface area contributed by atoms with E-state index in [2.05, 4.69) is 0 Å². The maximum absolute atomic E-state index is 11.8. The second kappa shape index (κ2) is 7.49. The Morgan fingerprint density at radius 1 is 1.04 bits per heavy atom. The normalized spacial score (nSPS) is 11.3. The Kier molecular flexibility index (Phi) is 5.40. The number of nitrogens with one attached hydrogen (secondary N) is 2. The molecule has 0 saturated heterocycles. The molecular weight excluding hydrogens is 334 g/mol. The minimum absolute atomic E-state index is 0.0790. The van der Waals surface area contributed by atoms with Crippen LogP contribution in [0.3, 0.4) is 0 Å². The summed E-state index contributed by atoms with van der Waals surface area (Å²) in [6.07, 6.45) is 1.38. The van der Waals surface area contributed by atoms with Crippen LogP contribution in [0, 0.1) is 10.1 Å². The van der Waals surface area contributed by atoms with Gasteiger partial charge in [-0.05, 0) is 23.8 Å². The first kappa shape index (κ1) is 17.3. The van der Waals surface area contributed by atoms with Crippen molar-refractivity contribution in [1.29, 1.82) is 0 Å². The highest BCUT2D eigenvalue weighted by atomic mass is 32.2. The summed E-state index contributed by atoms with van der Waals surface area (Å²) in [6, 6.07) is 13.5. The van der Waals surface area contributed by atoms with Gasteiger partial charge in [0, 0.05) is 23.1 Å². The van der Waals surface area contributed by atoms with Gasteiger partial charge < -0.3 is 0 Å². The highest BCUT2D eigenvalue weighted by Crippen LogP contribution is 2.11. The van der Waals surface area contributed by atoms with Crippen molar-refractivity contribution in [3.63, 3.8) is 0 Å². The van der Waals surface area contributed by atoms with E-state index in [4.69, 9.17) is 0 Å². The van der Waals surface area contributed by atoms with Crippen molar-refractivity contribution in [1.82, 2.24) is 10.3 Å². The largest absolute Gasteiger partial charge is 0.274 e. The van der Waals surface area contributed by atoms with E-state index in [0.29, 0.717) is 5.56 Å². The fraction of sp³-hybridized carbons (Fsp3) is 0. The standard InChI is InChI=1S/C15H13N3O5S/c19-15(13-6-8-14(9-7-13)18(20)21)16-17-24(22,23)11-10-12-4-2-1-3-5-12/h1-11,17H,(H,16,19)/b11-10+. The summed E-state index contributed by atoms with van der Waals surface area (Å²) in [4.78, 5) is 23.7. The number of nitro groups is 1. The van der Waals surface area contributed by atoms with Gasteiger partial charge in [0.05, 0.1) is 4.92 Å². The summed E-state index contributed by atoms with van der Waals surface area (Å²) in [5.41, 5.74) is 2.62. The molecule has 2 N–H and O–H groups in total. The van der Waals surface area contributed by atoms with Crippen LogP contribution in [0.4, 0.5) is 5.69 Å². The van der Waals surface area contributed by atoms with E-state index in [-0.39, 0.29) is 11.3 Å². The molecular formula is C15H13N3O5S. The molecule has 0 aromatic heterocycles. The molecule has 0 heterocycles. The zero-order valence-electron chi connectivity index (χ0n) is 12.2. The molecule has 0 aliphatic carbocycles. The summed E-state index contributed by atoms with van der Waals surface area (Å²) in [5, 5.41) is 11.4. The van der Waals surface area contributed by atoms with Gasteiger partial charge in [-0.3, -0.25) is 20.3 Å². The number of carbonyl (C=O) groups is 1. The van der Waals surface area contributed by atoms with Crippen LogP contribution in [-0.2, 0) is 10.0 Å². The zero-order chi connectivity index (χ0) is 17.6. The number of benzene rings is 2. The third-order valence-electron chi connectivity index (χ3n) is 2.89. The number of rotatable bonds is 6. The van der Waals surface area contributed by atoms with Crippen LogP contribution in [0.25, 0.3) is 6.08 Å². The van der Waals surface area contributed by atoms with Crippen LogP contribution >= 0.6 is 0 Å². The van der Waals surface area contributed by atoms with E-state index in [0.717, 1.165) is 17.5 Å². The van der Waals surface area contributed by atoms with E-state index in [9.17, 15) is 23.3 Å². The smallest absolute Gasteiger partial charge is 0.269 e. The molecule has 2 aromatic carbocycles. The van der Waals surface area contributed by atoms with E-state index in [1.165, 1.54) is 18.2 Å². The van der Waals surface area contributed by atoms with Crippen LogP contribution in [0.15, 0.2) is 60.0 Å². The van der Waals surface area contributed by atoms with Crippen molar-refractivity contribution in [3.8, 4) is 0 Å². The number of amides is 1. The number of hydrogen-bond acceptors (Lipinski definition) is 5. The minimum atomic E-state index is -3.88. The molecule has 1 amide bonds. The lowest BCUT2D eigenvalue weighted by molar-refractivity contribution is -0.384. The summed E-state index contributed by atoms with van der Waals surface area (Å²) < 4.78 is 23.6. The molecule has 0 bridgehead atoms. The van der Waals surface area contributed by atoms with Crippen molar-refractivity contribution < 1.29 is 18.1 Å². The van der Waals surface area contributed by atoms with Gasteiger partial charge in [-0.25, -0.2) is 8.42 Å². The molecule has 0 atom stereocenters. The number of sulfonamides is 1. The molecule has 0 radical (unpaired) electrons. The Morgan fingerprint density at radius 3 is 2.25 bits per heavy atom. The maximum Gasteiger partial charge on any atom is 0.269 e. The average Bonchev–Trinajstić information content (AvgIpc) is 2.59. The van der Waals surface area contributed by atoms with Crippen LogP contribution in [0.5, 0.6) is 0 Å². The number of non-ortho nitro benzene ring substituents is 1. The SMILES string of the molecule is O=C(NNS(=O)(=O)/C=C/c1ccccc1)c1ccc([N+](=O)[O-])cc1. The Hall–Kier alpha value is -3.04. The molecule has 0 fully saturated rings. The van der Waals surface area contributed by atoms with Crippen LogP contribution in [0.2, 0.25) is 0 Å². The summed E-state index contributed by atoms with van der Waals surface area (Å²) in [7, 11) is -3.88. The Labute approximate surface area is 138 Å². The quantitative estimate of drug-likeness (QED) is 0.610. The fourth-order valence-electron chi connectivity index (χ4n) is 1.69. The van der Waals surface area contributed by atoms with Gasteiger partial charge in [0.25, 0.3) is 21.6 Å². The number of carbonyl (C=O) groups excluding carboxylic acids is 1. The zero-order valence-corrected chi connectivity index (χ0v) is 13.1. The monoisotopic (exact) mass is 347 g/mol. The Balaban J connectivity index is 1.97.